The zero-order valence-corrected chi connectivity index (χ0v) is 31.1. The average molecular weight is 746 g/mol. The van der Waals surface area contributed by atoms with Gasteiger partial charge in [0, 0.05) is 16.9 Å². The highest BCUT2D eigenvalue weighted by molar-refractivity contribution is 8.00. The van der Waals surface area contributed by atoms with E-state index in [1.54, 1.807) is 40.9 Å². The lowest BCUT2D eigenvalue weighted by Crippen LogP contribution is -2.70. The van der Waals surface area contributed by atoms with Gasteiger partial charge < -0.3 is 10.1 Å². The SMILES string of the molecule is O=C(OC(c1ccccc1)c1ccccc1)C1=C(C[P+](c2ccccc2)(c2ccccc2)c2ccccc2)CS[C@@H]2[C@H](NC(=O)c3ccccc3)C(=O)N12. The van der Waals surface area contributed by atoms with Crippen LogP contribution in [0.2, 0.25) is 0 Å². The van der Waals surface area contributed by atoms with Crippen molar-refractivity contribution in [1.29, 1.82) is 0 Å². The van der Waals surface area contributed by atoms with Crippen LogP contribution in [0.15, 0.2) is 193 Å². The molecule has 2 aliphatic rings. The number of fused-ring (bicyclic) bond motifs is 1. The molecule has 2 heterocycles. The van der Waals surface area contributed by atoms with Gasteiger partial charge in [-0.3, -0.25) is 14.5 Å². The Balaban J connectivity index is 1.26. The van der Waals surface area contributed by atoms with Crippen LogP contribution >= 0.6 is 19.0 Å². The minimum atomic E-state index is -2.46. The number of ether oxygens (including phenoxy) is 1. The second-order valence-electron chi connectivity index (χ2n) is 13.3. The molecule has 8 heteroatoms. The maximum atomic E-state index is 15.0. The van der Waals surface area contributed by atoms with Crippen LogP contribution in [0.1, 0.15) is 27.6 Å². The number of carbonyl (C=O) groups excluding carboxylic acids is 3. The minimum absolute atomic E-state index is 0.262. The van der Waals surface area contributed by atoms with Crippen LogP contribution in [0.25, 0.3) is 0 Å². The summed E-state index contributed by atoms with van der Waals surface area (Å²) in [5.74, 6) is -0.753. The second kappa shape index (κ2) is 15.7. The molecule has 2 atom stereocenters. The van der Waals surface area contributed by atoms with Crippen molar-refractivity contribution in [2.75, 3.05) is 11.9 Å². The zero-order chi connectivity index (χ0) is 36.9. The molecule has 1 saturated heterocycles. The molecular weight excluding hydrogens is 708 g/mol. The molecule has 0 unspecified atom stereocenters. The molecule has 0 aliphatic carbocycles. The summed E-state index contributed by atoms with van der Waals surface area (Å²) in [6, 6.07) is 58.9. The molecule has 6 aromatic rings. The summed E-state index contributed by atoms with van der Waals surface area (Å²) >= 11 is 1.57. The van der Waals surface area contributed by atoms with Crippen molar-refractivity contribution >= 4 is 52.7 Å². The molecule has 54 heavy (non-hydrogen) atoms. The molecule has 8 rings (SSSR count). The quantitative estimate of drug-likeness (QED) is 0.0858. The zero-order valence-electron chi connectivity index (χ0n) is 29.4. The normalized spacial score (nSPS) is 16.7. The molecule has 0 radical (unpaired) electrons. The fraction of sp³-hybridized carbons (Fsp3) is 0.109. The first-order valence-corrected chi connectivity index (χ1v) is 21.0. The van der Waals surface area contributed by atoms with E-state index in [-0.39, 0.29) is 17.5 Å². The Morgan fingerprint density at radius 2 is 1.07 bits per heavy atom. The summed E-state index contributed by atoms with van der Waals surface area (Å²) in [4.78, 5) is 44.1. The molecule has 1 fully saturated rings. The third-order valence-electron chi connectivity index (χ3n) is 10.0. The van der Waals surface area contributed by atoms with Crippen LogP contribution in [0.3, 0.4) is 0 Å². The van der Waals surface area contributed by atoms with Crippen molar-refractivity contribution < 1.29 is 19.1 Å². The highest BCUT2D eigenvalue weighted by Crippen LogP contribution is 2.58. The molecule has 1 N–H and O–H groups in total. The van der Waals surface area contributed by atoms with Crippen molar-refractivity contribution in [2.24, 2.45) is 0 Å². The number of rotatable bonds is 11. The standard InChI is InChI=1S/C46H37N2O4PS/c49-43(35-23-11-3-12-24-35)47-40-44(50)48-41(46(51)52-42(33-19-7-1-8-20-33)34-21-9-2-10-22-34)36(32-54-45(40)48)31-53(37-25-13-4-14-26-37,38-27-15-5-16-28-38)39-29-17-6-18-30-39/h1-30,40,42,45H,31-32H2/p+1/t40-,45-/m1/s1. The summed E-state index contributed by atoms with van der Waals surface area (Å²) in [6.45, 7) is 0. The van der Waals surface area contributed by atoms with Gasteiger partial charge in [-0.25, -0.2) is 4.79 Å². The number of β-lactam (4-membered cyclic amide) rings is 1. The van der Waals surface area contributed by atoms with E-state index in [9.17, 15) is 14.4 Å². The Labute approximate surface area is 320 Å². The van der Waals surface area contributed by atoms with Crippen LogP contribution in [0.5, 0.6) is 0 Å². The monoisotopic (exact) mass is 745 g/mol. The van der Waals surface area contributed by atoms with Gasteiger partial charge in [-0.15, -0.1) is 11.8 Å². The number of benzene rings is 6. The van der Waals surface area contributed by atoms with Gasteiger partial charge in [0.1, 0.15) is 40.3 Å². The highest BCUT2D eigenvalue weighted by atomic mass is 32.2. The molecule has 2 amide bonds. The van der Waals surface area contributed by atoms with E-state index in [0.717, 1.165) is 16.7 Å². The van der Waals surface area contributed by atoms with Gasteiger partial charge >= 0.3 is 5.97 Å². The van der Waals surface area contributed by atoms with Gasteiger partial charge in [-0.2, -0.15) is 0 Å². The fourth-order valence-corrected chi connectivity index (χ4v) is 13.2. The van der Waals surface area contributed by atoms with Crippen LogP contribution in [0.4, 0.5) is 0 Å². The lowest BCUT2D eigenvalue weighted by atomic mass is 10.0. The lowest BCUT2D eigenvalue weighted by molar-refractivity contribution is -0.153. The Bertz CT molecular complexity index is 2140. The molecule has 6 aromatic carbocycles. The summed E-state index contributed by atoms with van der Waals surface area (Å²) in [6.07, 6.45) is -0.190. The number of esters is 1. The number of hydrogen-bond donors (Lipinski definition) is 1. The molecule has 266 valence electrons. The number of thioether (sulfide) groups is 1. The molecule has 0 bridgehead atoms. The topological polar surface area (TPSA) is 75.7 Å². The number of nitrogens with one attached hydrogen (secondary N) is 1. The van der Waals surface area contributed by atoms with Crippen molar-refractivity contribution in [3.05, 3.63) is 210 Å². The van der Waals surface area contributed by atoms with E-state index in [2.05, 4.69) is 78.1 Å². The first-order chi connectivity index (χ1) is 26.5. The molecule has 0 saturated carbocycles. The van der Waals surface area contributed by atoms with Gasteiger partial charge in [0.25, 0.3) is 11.8 Å². The fourth-order valence-electron chi connectivity index (χ4n) is 7.41. The van der Waals surface area contributed by atoms with Crippen LogP contribution in [-0.4, -0.2) is 46.0 Å². The van der Waals surface area contributed by atoms with E-state index in [0.29, 0.717) is 17.5 Å². The van der Waals surface area contributed by atoms with E-state index in [4.69, 9.17) is 4.74 Å². The summed E-state index contributed by atoms with van der Waals surface area (Å²) in [5, 5.41) is 6.00. The third kappa shape index (κ3) is 6.77. The van der Waals surface area contributed by atoms with Crippen LogP contribution < -0.4 is 21.2 Å². The highest BCUT2D eigenvalue weighted by Gasteiger charge is 2.57. The molecule has 2 aliphatic heterocycles. The molecule has 6 nitrogen and oxygen atoms in total. The molecule has 0 spiro atoms. The van der Waals surface area contributed by atoms with Crippen molar-refractivity contribution in [3.8, 4) is 0 Å². The van der Waals surface area contributed by atoms with E-state index in [1.807, 2.05) is 84.9 Å². The number of carbonyl (C=O) groups is 3. The maximum Gasteiger partial charge on any atom is 0.356 e. The van der Waals surface area contributed by atoms with E-state index in [1.165, 1.54) is 15.9 Å². The second-order valence-corrected chi connectivity index (χ2v) is 17.9. The summed E-state index contributed by atoms with van der Waals surface area (Å²) < 4.78 is 6.54. The van der Waals surface area contributed by atoms with Crippen molar-refractivity contribution in [3.63, 3.8) is 0 Å². The number of nitrogens with zero attached hydrogens (tertiary/aromatic N) is 1. The minimum Gasteiger partial charge on any atom is -0.448 e. The van der Waals surface area contributed by atoms with Crippen molar-refractivity contribution in [1.82, 2.24) is 10.2 Å². The molecular formula is C46H38N2O4PS+. The average Bonchev–Trinajstić information content (AvgIpc) is 3.25. The third-order valence-corrected chi connectivity index (χ3v) is 15.7. The number of hydrogen-bond acceptors (Lipinski definition) is 5. The van der Waals surface area contributed by atoms with E-state index >= 15 is 0 Å². The molecule has 0 aromatic heterocycles. The Hall–Kier alpha value is -5.75. The largest absolute Gasteiger partial charge is 0.448 e. The number of amides is 2. The van der Waals surface area contributed by atoms with Gasteiger partial charge in [-0.1, -0.05) is 133 Å². The predicted molar refractivity (Wildman–Crippen MR) is 219 cm³/mol. The van der Waals surface area contributed by atoms with Crippen LogP contribution in [0, 0.1) is 0 Å². The van der Waals surface area contributed by atoms with Gasteiger partial charge in [-0.05, 0) is 59.7 Å². The Kier molecular flexibility index (Phi) is 10.3. The predicted octanol–water partition coefficient (Wildman–Crippen LogP) is 7.28. The maximum absolute atomic E-state index is 15.0. The van der Waals surface area contributed by atoms with Crippen molar-refractivity contribution in [2.45, 2.75) is 17.5 Å². The smallest absolute Gasteiger partial charge is 0.356 e. The van der Waals surface area contributed by atoms with Gasteiger partial charge in [0.05, 0.1) is 6.16 Å². The lowest BCUT2D eigenvalue weighted by Gasteiger charge is -2.50. The summed E-state index contributed by atoms with van der Waals surface area (Å²) in [5.41, 5.74) is 3.22. The van der Waals surface area contributed by atoms with E-state index < -0.39 is 30.8 Å². The van der Waals surface area contributed by atoms with Crippen LogP contribution in [-0.2, 0) is 14.3 Å². The Morgan fingerprint density at radius 1 is 0.648 bits per heavy atom. The Morgan fingerprint density at radius 3 is 1.54 bits per heavy atom. The first kappa shape index (κ1) is 35.3. The van der Waals surface area contributed by atoms with Gasteiger partial charge in [0.15, 0.2) is 6.10 Å². The van der Waals surface area contributed by atoms with Gasteiger partial charge in [0.2, 0.25) is 0 Å². The first-order valence-electron chi connectivity index (χ1n) is 17.9. The summed E-state index contributed by atoms with van der Waals surface area (Å²) in [7, 11) is -2.46.